The fourth-order valence-electron chi connectivity index (χ4n) is 3.11. The molecule has 2 saturated heterocycles. The number of nitrogens with one attached hydrogen (secondary N) is 1. The van der Waals surface area contributed by atoms with Gasteiger partial charge in [0, 0.05) is 36.7 Å². The van der Waals surface area contributed by atoms with Crippen molar-refractivity contribution in [3.05, 3.63) is 35.4 Å². The Bertz CT molecular complexity index is 504. The fraction of sp³-hybridized carbons (Fsp3) is 0.588. The average Bonchev–Trinajstić information content (AvgIpc) is 2.55. The molecule has 22 heavy (non-hydrogen) atoms. The number of amides is 1. The lowest BCUT2D eigenvalue weighted by Gasteiger charge is -2.43. The van der Waals surface area contributed by atoms with Crippen LogP contribution in [0.5, 0.6) is 0 Å². The van der Waals surface area contributed by atoms with Crippen LogP contribution in [0, 0.1) is 6.92 Å². The van der Waals surface area contributed by atoms with Crippen molar-refractivity contribution >= 4 is 17.7 Å². The predicted octanol–water partition coefficient (Wildman–Crippen LogP) is 1.82. The van der Waals surface area contributed by atoms with Gasteiger partial charge in [-0.25, -0.2) is 0 Å². The molecule has 0 saturated carbocycles. The van der Waals surface area contributed by atoms with Crippen LogP contribution in [0.25, 0.3) is 0 Å². The van der Waals surface area contributed by atoms with Gasteiger partial charge in [0.15, 0.2) is 0 Å². The molecule has 120 valence electrons. The van der Waals surface area contributed by atoms with E-state index in [1.807, 2.05) is 11.8 Å². The van der Waals surface area contributed by atoms with E-state index in [1.165, 1.54) is 5.56 Å². The van der Waals surface area contributed by atoms with Crippen LogP contribution in [0.15, 0.2) is 24.3 Å². The van der Waals surface area contributed by atoms with Gasteiger partial charge in [-0.2, -0.15) is 11.8 Å². The molecule has 0 bridgehead atoms. The zero-order valence-electron chi connectivity index (χ0n) is 13.1. The summed E-state index contributed by atoms with van der Waals surface area (Å²) in [5, 5.41) is 3.58. The SMILES string of the molecule is Cc1ccc(CNC(=O)CN2CCS[C@H]3COCC[C@@H]32)cc1. The van der Waals surface area contributed by atoms with E-state index < -0.39 is 0 Å². The molecule has 0 unspecified atom stereocenters. The Hall–Kier alpha value is -1.04. The second kappa shape index (κ2) is 7.49. The molecule has 1 amide bonds. The van der Waals surface area contributed by atoms with E-state index in [0.717, 1.165) is 37.5 Å². The highest BCUT2D eigenvalue weighted by Gasteiger charge is 2.35. The first-order chi connectivity index (χ1) is 10.7. The molecule has 0 radical (unpaired) electrons. The van der Waals surface area contributed by atoms with Gasteiger partial charge in [0.1, 0.15) is 0 Å². The largest absolute Gasteiger partial charge is 0.380 e. The van der Waals surface area contributed by atoms with Crippen molar-refractivity contribution in [2.24, 2.45) is 0 Å². The summed E-state index contributed by atoms with van der Waals surface area (Å²) in [5.41, 5.74) is 2.39. The molecular formula is C17H24N2O2S. The first kappa shape index (κ1) is 15.8. The van der Waals surface area contributed by atoms with Crippen LogP contribution >= 0.6 is 11.8 Å². The van der Waals surface area contributed by atoms with E-state index in [0.29, 0.717) is 24.4 Å². The van der Waals surface area contributed by atoms with Gasteiger partial charge in [0.05, 0.1) is 13.2 Å². The minimum atomic E-state index is 0.123. The lowest BCUT2D eigenvalue weighted by atomic mass is 10.1. The predicted molar refractivity (Wildman–Crippen MR) is 90.1 cm³/mol. The molecule has 2 atom stereocenters. The highest BCUT2D eigenvalue weighted by molar-refractivity contribution is 8.00. The minimum absolute atomic E-state index is 0.123. The van der Waals surface area contributed by atoms with Crippen molar-refractivity contribution in [2.45, 2.75) is 31.2 Å². The van der Waals surface area contributed by atoms with E-state index in [1.54, 1.807) is 0 Å². The summed E-state index contributed by atoms with van der Waals surface area (Å²) in [5.74, 6) is 1.22. The second-order valence-electron chi connectivity index (χ2n) is 6.07. The summed E-state index contributed by atoms with van der Waals surface area (Å²) in [7, 11) is 0. The number of hydrogen-bond acceptors (Lipinski definition) is 4. The fourth-order valence-corrected chi connectivity index (χ4v) is 4.47. The minimum Gasteiger partial charge on any atom is -0.380 e. The second-order valence-corrected chi connectivity index (χ2v) is 7.42. The number of carbonyl (C=O) groups excluding carboxylic acids is 1. The Labute approximate surface area is 136 Å². The Morgan fingerprint density at radius 1 is 1.41 bits per heavy atom. The third-order valence-corrected chi connectivity index (χ3v) is 5.70. The number of aryl methyl sites for hydroxylation is 1. The van der Waals surface area contributed by atoms with Gasteiger partial charge in [-0.1, -0.05) is 29.8 Å². The number of thioether (sulfide) groups is 1. The van der Waals surface area contributed by atoms with Crippen LogP contribution in [0.1, 0.15) is 17.5 Å². The third kappa shape index (κ3) is 4.03. The number of hydrogen-bond donors (Lipinski definition) is 1. The molecule has 2 aliphatic heterocycles. The summed E-state index contributed by atoms with van der Waals surface area (Å²) >= 11 is 1.99. The van der Waals surface area contributed by atoms with E-state index >= 15 is 0 Å². The van der Waals surface area contributed by atoms with E-state index in [2.05, 4.69) is 41.4 Å². The van der Waals surface area contributed by atoms with Gasteiger partial charge in [0.25, 0.3) is 0 Å². The Morgan fingerprint density at radius 2 is 2.23 bits per heavy atom. The van der Waals surface area contributed by atoms with Gasteiger partial charge in [-0.05, 0) is 18.9 Å². The first-order valence-electron chi connectivity index (χ1n) is 7.98. The highest BCUT2D eigenvalue weighted by atomic mass is 32.2. The zero-order chi connectivity index (χ0) is 15.4. The van der Waals surface area contributed by atoms with E-state index in [-0.39, 0.29) is 5.91 Å². The number of nitrogens with zero attached hydrogens (tertiary/aromatic N) is 1. The Morgan fingerprint density at radius 3 is 3.05 bits per heavy atom. The number of ether oxygens (including phenoxy) is 1. The number of fused-ring (bicyclic) bond motifs is 1. The number of rotatable bonds is 4. The van der Waals surface area contributed by atoms with Crippen LogP contribution < -0.4 is 5.32 Å². The molecule has 3 rings (SSSR count). The van der Waals surface area contributed by atoms with Crippen LogP contribution in [0.2, 0.25) is 0 Å². The summed E-state index contributed by atoms with van der Waals surface area (Å²) in [4.78, 5) is 14.6. The maximum absolute atomic E-state index is 12.2. The van der Waals surface area contributed by atoms with Crippen LogP contribution in [-0.4, -0.2) is 54.2 Å². The first-order valence-corrected chi connectivity index (χ1v) is 9.03. The van der Waals surface area contributed by atoms with Crippen molar-refractivity contribution in [1.29, 1.82) is 0 Å². The summed E-state index contributed by atoms with van der Waals surface area (Å²) in [6.07, 6.45) is 1.04. The average molecular weight is 320 g/mol. The molecule has 2 fully saturated rings. The monoisotopic (exact) mass is 320 g/mol. The lowest BCUT2D eigenvalue weighted by molar-refractivity contribution is -0.123. The van der Waals surface area contributed by atoms with Crippen molar-refractivity contribution in [3.8, 4) is 0 Å². The molecule has 2 aliphatic rings. The maximum atomic E-state index is 12.2. The quantitative estimate of drug-likeness (QED) is 0.919. The van der Waals surface area contributed by atoms with Crippen LogP contribution in [0.3, 0.4) is 0 Å². The molecule has 1 N–H and O–H groups in total. The third-order valence-electron chi connectivity index (χ3n) is 4.41. The van der Waals surface area contributed by atoms with Gasteiger partial charge >= 0.3 is 0 Å². The summed E-state index contributed by atoms with van der Waals surface area (Å²) in [6.45, 7) is 5.84. The lowest BCUT2D eigenvalue weighted by Crippen LogP contribution is -2.54. The molecular weight excluding hydrogens is 296 g/mol. The Balaban J connectivity index is 1.49. The normalized spacial score (nSPS) is 25.5. The molecule has 2 heterocycles. The van der Waals surface area contributed by atoms with Gasteiger partial charge < -0.3 is 10.1 Å². The molecule has 0 aliphatic carbocycles. The summed E-state index contributed by atoms with van der Waals surface area (Å²) in [6, 6.07) is 8.80. The van der Waals surface area contributed by atoms with Crippen LogP contribution in [0.4, 0.5) is 0 Å². The van der Waals surface area contributed by atoms with Crippen molar-refractivity contribution in [1.82, 2.24) is 10.2 Å². The van der Waals surface area contributed by atoms with Crippen molar-refractivity contribution in [2.75, 3.05) is 32.1 Å². The van der Waals surface area contributed by atoms with Gasteiger partial charge in [-0.3, -0.25) is 9.69 Å². The highest BCUT2D eigenvalue weighted by Crippen LogP contribution is 2.29. The zero-order valence-corrected chi connectivity index (χ0v) is 13.9. The summed E-state index contributed by atoms with van der Waals surface area (Å²) < 4.78 is 5.56. The smallest absolute Gasteiger partial charge is 0.234 e. The molecule has 5 heteroatoms. The molecule has 0 spiro atoms. The molecule has 1 aromatic carbocycles. The van der Waals surface area contributed by atoms with Gasteiger partial charge in [-0.15, -0.1) is 0 Å². The van der Waals surface area contributed by atoms with Crippen molar-refractivity contribution in [3.63, 3.8) is 0 Å². The van der Waals surface area contributed by atoms with E-state index in [9.17, 15) is 4.79 Å². The standard InChI is InChI=1S/C17H24N2O2S/c1-13-2-4-14(5-3-13)10-18-17(20)11-19-7-9-22-16-12-21-8-6-15(16)19/h2-5,15-16H,6-12H2,1H3,(H,18,20)/t15-,16-/m0/s1. The van der Waals surface area contributed by atoms with Gasteiger partial charge in [0.2, 0.25) is 5.91 Å². The molecule has 0 aromatic heterocycles. The number of carbonyl (C=O) groups is 1. The van der Waals surface area contributed by atoms with Crippen LogP contribution in [-0.2, 0) is 16.1 Å². The topological polar surface area (TPSA) is 41.6 Å². The van der Waals surface area contributed by atoms with E-state index in [4.69, 9.17) is 4.74 Å². The van der Waals surface area contributed by atoms with Crippen molar-refractivity contribution < 1.29 is 9.53 Å². The maximum Gasteiger partial charge on any atom is 0.234 e. The Kier molecular flexibility index (Phi) is 5.39. The molecule has 1 aromatic rings. The number of benzene rings is 1. The molecule has 4 nitrogen and oxygen atoms in total.